The van der Waals surface area contributed by atoms with E-state index < -0.39 is 7.25 Å². The number of fused-ring (bicyclic) bond motifs is 1. The zero-order valence-corrected chi connectivity index (χ0v) is 8.89. The van der Waals surface area contributed by atoms with Gasteiger partial charge in [-0.1, -0.05) is 24.3 Å². The monoisotopic (exact) mass is 258 g/mol. The van der Waals surface area contributed by atoms with Gasteiger partial charge in [0.05, 0.1) is 5.39 Å². The number of rotatable bonds is 0. The van der Waals surface area contributed by atoms with Gasteiger partial charge in [-0.25, -0.2) is 0 Å². The highest BCUT2D eigenvalue weighted by molar-refractivity contribution is 6.50. The van der Waals surface area contributed by atoms with Gasteiger partial charge in [-0.05, 0) is 17.5 Å². The molecular formula is C10H7BF4N2O. The Morgan fingerprint density at radius 2 is 1.56 bits per heavy atom. The Hall–Kier alpha value is -2.30. The fourth-order valence-corrected chi connectivity index (χ4v) is 1.35. The Kier molecular flexibility index (Phi) is 4.10. The predicted octanol–water partition coefficient (Wildman–Crippen LogP) is 4.33. The van der Waals surface area contributed by atoms with Crippen LogP contribution in [-0.2, 0) is 0 Å². The average Bonchev–Trinajstić information content (AvgIpc) is 2.27. The first-order valence-electron chi connectivity index (χ1n) is 4.76. The molecule has 0 radical (unpaired) electrons. The van der Waals surface area contributed by atoms with Crippen LogP contribution in [0.5, 0.6) is 5.75 Å². The Balaban J connectivity index is 0.000000280. The van der Waals surface area contributed by atoms with Gasteiger partial charge in [0.25, 0.3) is 0 Å². The maximum Gasteiger partial charge on any atom is 0.673 e. The fourth-order valence-electron chi connectivity index (χ4n) is 1.35. The standard InChI is InChI=1S/C10H6N2O.BF4/c11-12-10-8-4-2-1-3-7(8)5-6-9(10)13;2-1(3,4)5/h1-6H;/q;-1/p+1. The van der Waals surface area contributed by atoms with E-state index in [0.717, 1.165) is 10.8 Å². The Labute approximate surface area is 99.4 Å². The van der Waals surface area contributed by atoms with E-state index in [1.807, 2.05) is 18.2 Å². The molecule has 0 aromatic heterocycles. The number of benzene rings is 2. The number of halogens is 4. The summed E-state index contributed by atoms with van der Waals surface area (Å²) < 4.78 is 39.0. The molecule has 0 aliphatic rings. The van der Waals surface area contributed by atoms with Crippen molar-refractivity contribution in [1.29, 1.82) is 5.39 Å². The molecule has 8 heteroatoms. The summed E-state index contributed by atoms with van der Waals surface area (Å²) in [5, 5.41) is 19.7. The molecule has 2 rings (SSSR count). The third-order valence-corrected chi connectivity index (χ3v) is 1.98. The molecule has 3 nitrogen and oxygen atoms in total. The predicted molar refractivity (Wildman–Crippen MR) is 60.5 cm³/mol. The molecule has 0 unspecified atom stereocenters. The van der Waals surface area contributed by atoms with Crippen molar-refractivity contribution in [2.24, 2.45) is 0 Å². The number of phenols is 1. The molecular weight excluding hydrogens is 251 g/mol. The summed E-state index contributed by atoms with van der Waals surface area (Å²) in [6.45, 7) is 0. The number of phenolic OH excluding ortho intramolecular Hbond substituents is 1. The SMILES string of the molecule is F[B-](F)(F)F.N#[N+]c1c(O)ccc2ccccc12. The van der Waals surface area contributed by atoms with Gasteiger partial charge < -0.3 is 22.4 Å². The maximum absolute atomic E-state index is 9.75. The lowest BCUT2D eigenvalue weighted by atomic mass is 10.1. The van der Waals surface area contributed by atoms with Crippen LogP contribution in [0.2, 0.25) is 0 Å². The van der Waals surface area contributed by atoms with Crippen LogP contribution in [0.1, 0.15) is 0 Å². The second kappa shape index (κ2) is 5.36. The second-order valence-electron chi connectivity index (χ2n) is 3.25. The van der Waals surface area contributed by atoms with Crippen LogP contribution in [0.15, 0.2) is 36.4 Å². The van der Waals surface area contributed by atoms with Crippen LogP contribution in [0.4, 0.5) is 23.0 Å². The van der Waals surface area contributed by atoms with Gasteiger partial charge in [-0.15, -0.1) is 0 Å². The minimum atomic E-state index is -6.00. The van der Waals surface area contributed by atoms with E-state index in [0.29, 0.717) is 0 Å². The van der Waals surface area contributed by atoms with Crippen LogP contribution < -0.4 is 0 Å². The minimum absolute atomic E-state index is 0.0128. The normalized spacial score (nSPS) is 10.4. The Morgan fingerprint density at radius 1 is 1.00 bits per heavy atom. The van der Waals surface area contributed by atoms with Crippen LogP contribution in [0.25, 0.3) is 15.7 Å². The maximum atomic E-state index is 9.75. The molecule has 0 heterocycles. The van der Waals surface area contributed by atoms with Crippen LogP contribution >= 0.6 is 0 Å². The van der Waals surface area contributed by atoms with Gasteiger partial charge in [-0.3, -0.25) is 0 Å². The summed E-state index contributed by atoms with van der Waals surface area (Å²) in [6, 6.07) is 10.7. The van der Waals surface area contributed by atoms with Crippen molar-refractivity contribution < 1.29 is 22.4 Å². The lowest BCUT2D eigenvalue weighted by molar-refractivity contribution is 0.368. The van der Waals surface area contributed by atoms with Crippen LogP contribution in [0, 0.1) is 5.39 Å². The topological polar surface area (TPSA) is 48.4 Å². The minimum Gasteiger partial charge on any atom is -0.501 e. The first-order chi connectivity index (χ1) is 8.33. The van der Waals surface area contributed by atoms with Crippen LogP contribution in [0.3, 0.4) is 0 Å². The quantitative estimate of drug-likeness (QED) is 0.434. The zero-order valence-electron chi connectivity index (χ0n) is 8.89. The van der Waals surface area contributed by atoms with Gasteiger partial charge in [0.1, 0.15) is 0 Å². The van der Waals surface area contributed by atoms with Crippen LogP contribution in [-0.4, -0.2) is 12.4 Å². The summed E-state index contributed by atoms with van der Waals surface area (Å²) in [5.74, 6) is -0.0128. The average molecular weight is 258 g/mol. The van der Waals surface area contributed by atoms with E-state index in [4.69, 9.17) is 5.39 Å². The summed E-state index contributed by atoms with van der Waals surface area (Å²) in [7, 11) is -6.00. The molecule has 0 fully saturated rings. The molecule has 94 valence electrons. The van der Waals surface area contributed by atoms with Crippen molar-refractivity contribution in [3.05, 3.63) is 41.4 Å². The number of diazo groups is 1. The van der Waals surface area contributed by atoms with Crippen molar-refractivity contribution in [3.8, 4) is 5.75 Å². The number of hydrogen-bond donors (Lipinski definition) is 1. The summed E-state index contributed by atoms with van der Waals surface area (Å²) >= 11 is 0. The highest BCUT2D eigenvalue weighted by Gasteiger charge is 2.20. The number of hydrogen-bond acceptors (Lipinski definition) is 2. The molecule has 1 N–H and O–H groups in total. The van der Waals surface area contributed by atoms with Crippen molar-refractivity contribution in [3.63, 3.8) is 0 Å². The molecule has 0 atom stereocenters. The van der Waals surface area contributed by atoms with Crippen molar-refractivity contribution in [1.82, 2.24) is 0 Å². The number of nitrogens with zero attached hydrogens (tertiary/aromatic N) is 2. The van der Waals surface area contributed by atoms with E-state index in [1.54, 1.807) is 12.1 Å². The third-order valence-electron chi connectivity index (χ3n) is 1.98. The second-order valence-corrected chi connectivity index (χ2v) is 3.25. The van der Waals surface area contributed by atoms with Crippen molar-refractivity contribution >= 4 is 23.7 Å². The Morgan fingerprint density at radius 3 is 2.11 bits per heavy atom. The first kappa shape index (κ1) is 13.8. The van der Waals surface area contributed by atoms with E-state index >= 15 is 0 Å². The van der Waals surface area contributed by atoms with Gasteiger partial charge in [0, 0.05) is 0 Å². The molecule has 18 heavy (non-hydrogen) atoms. The van der Waals surface area contributed by atoms with E-state index in [9.17, 15) is 22.4 Å². The highest BCUT2D eigenvalue weighted by Crippen LogP contribution is 2.34. The first-order valence-corrected chi connectivity index (χ1v) is 4.76. The molecule has 0 saturated carbocycles. The van der Waals surface area contributed by atoms with E-state index in [1.165, 1.54) is 6.07 Å². The molecule has 0 amide bonds. The smallest absolute Gasteiger partial charge is 0.501 e. The van der Waals surface area contributed by atoms with Crippen molar-refractivity contribution in [2.45, 2.75) is 0 Å². The zero-order chi connectivity index (χ0) is 13.8. The molecule has 0 aliphatic heterocycles. The van der Waals surface area contributed by atoms with Gasteiger partial charge in [0.15, 0.2) is 4.98 Å². The summed E-state index contributed by atoms with van der Waals surface area (Å²) in [4.78, 5) is 3.05. The summed E-state index contributed by atoms with van der Waals surface area (Å²) in [5.41, 5.74) is 0.220. The van der Waals surface area contributed by atoms with E-state index in [-0.39, 0.29) is 11.4 Å². The van der Waals surface area contributed by atoms with E-state index in [2.05, 4.69) is 4.98 Å². The highest BCUT2D eigenvalue weighted by atomic mass is 19.5. The third kappa shape index (κ3) is 3.94. The fraction of sp³-hybridized carbons (Fsp3) is 0. The van der Waals surface area contributed by atoms with Crippen molar-refractivity contribution in [2.75, 3.05) is 0 Å². The Bertz CT molecular complexity index is 588. The molecule has 2 aromatic carbocycles. The molecule has 0 spiro atoms. The molecule has 0 saturated heterocycles. The number of aromatic hydroxyl groups is 1. The molecule has 0 bridgehead atoms. The lowest BCUT2D eigenvalue weighted by Crippen LogP contribution is -2.02. The summed E-state index contributed by atoms with van der Waals surface area (Å²) in [6.07, 6.45) is 0. The van der Waals surface area contributed by atoms with Gasteiger partial charge >= 0.3 is 12.9 Å². The largest absolute Gasteiger partial charge is 0.673 e. The lowest BCUT2D eigenvalue weighted by Gasteiger charge is -1.94. The molecule has 0 aliphatic carbocycles. The van der Waals surface area contributed by atoms with Gasteiger partial charge in [-0.2, -0.15) is 0 Å². The molecule has 2 aromatic rings. The van der Waals surface area contributed by atoms with Gasteiger partial charge in [0.2, 0.25) is 11.1 Å².